The van der Waals surface area contributed by atoms with E-state index in [4.69, 9.17) is 10.4 Å². The quantitative estimate of drug-likeness (QED) is 0.888. The summed E-state index contributed by atoms with van der Waals surface area (Å²) >= 11 is 0. The fourth-order valence-electron chi connectivity index (χ4n) is 2.31. The molecule has 1 fully saturated rings. The maximum absolute atomic E-state index is 13.7. The first kappa shape index (κ1) is 13.0. The van der Waals surface area contributed by atoms with E-state index in [-0.39, 0.29) is 12.4 Å². The molecule has 2 rings (SSSR count). The maximum Gasteiger partial charge on any atom is 0.129 e. The van der Waals surface area contributed by atoms with E-state index in [0.717, 1.165) is 25.9 Å². The van der Waals surface area contributed by atoms with Crippen LogP contribution in [0.5, 0.6) is 0 Å². The van der Waals surface area contributed by atoms with Crippen LogP contribution in [0.25, 0.3) is 0 Å². The summed E-state index contributed by atoms with van der Waals surface area (Å²) in [4.78, 5) is 2.19. The van der Waals surface area contributed by atoms with Crippen LogP contribution in [0.4, 0.5) is 4.39 Å². The van der Waals surface area contributed by atoms with Crippen LogP contribution in [0.3, 0.4) is 0 Å². The highest BCUT2D eigenvalue weighted by Gasteiger charge is 2.19. The summed E-state index contributed by atoms with van der Waals surface area (Å²) in [5.41, 5.74) is 0.992. The maximum atomic E-state index is 13.7. The zero-order valence-corrected chi connectivity index (χ0v) is 10.3. The van der Waals surface area contributed by atoms with Crippen molar-refractivity contribution >= 4 is 0 Å². The molecule has 1 saturated heterocycles. The minimum Gasteiger partial charge on any atom is -0.396 e. The zero-order chi connectivity index (χ0) is 13.0. The number of aliphatic hydroxyl groups excluding tert-OH is 1. The molecule has 1 aliphatic rings. The largest absolute Gasteiger partial charge is 0.396 e. The van der Waals surface area contributed by atoms with E-state index in [0.29, 0.717) is 23.6 Å². The lowest BCUT2D eigenvalue weighted by atomic mass is 9.97. The summed E-state index contributed by atoms with van der Waals surface area (Å²) in [6.07, 6.45) is 1.93. The molecule has 0 amide bonds. The summed E-state index contributed by atoms with van der Waals surface area (Å²) in [5.74, 6) is 0.0883. The highest BCUT2D eigenvalue weighted by Crippen LogP contribution is 2.19. The third kappa shape index (κ3) is 3.06. The summed E-state index contributed by atoms with van der Waals surface area (Å²) in [7, 11) is 0. The van der Waals surface area contributed by atoms with Crippen LogP contribution in [0.1, 0.15) is 24.0 Å². The Kier molecular flexibility index (Phi) is 4.29. The minimum atomic E-state index is -0.307. The Morgan fingerprint density at radius 3 is 2.67 bits per heavy atom. The van der Waals surface area contributed by atoms with Crippen LogP contribution in [0.15, 0.2) is 18.2 Å². The fourth-order valence-corrected chi connectivity index (χ4v) is 2.31. The van der Waals surface area contributed by atoms with E-state index >= 15 is 0 Å². The Labute approximate surface area is 106 Å². The second-order valence-electron chi connectivity index (χ2n) is 4.82. The second kappa shape index (κ2) is 5.94. The molecule has 96 valence electrons. The summed E-state index contributed by atoms with van der Waals surface area (Å²) in [6.45, 7) is 2.62. The van der Waals surface area contributed by atoms with Gasteiger partial charge >= 0.3 is 0 Å². The number of benzene rings is 1. The smallest absolute Gasteiger partial charge is 0.129 e. The van der Waals surface area contributed by atoms with Crippen molar-refractivity contribution in [3.8, 4) is 6.07 Å². The van der Waals surface area contributed by atoms with Gasteiger partial charge in [0, 0.05) is 18.7 Å². The fraction of sp³-hybridized carbons (Fsp3) is 0.500. The van der Waals surface area contributed by atoms with Crippen molar-refractivity contribution in [2.24, 2.45) is 5.92 Å². The van der Waals surface area contributed by atoms with Gasteiger partial charge in [0.25, 0.3) is 0 Å². The van der Waals surface area contributed by atoms with Gasteiger partial charge in [0.05, 0.1) is 11.6 Å². The van der Waals surface area contributed by atoms with Crippen molar-refractivity contribution < 1.29 is 9.50 Å². The summed E-state index contributed by atoms with van der Waals surface area (Å²) < 4.78 is 13.7. The van der Waals surface area contributed by atoms with Gasteiger partial charge in [-0.15, -0.1) is 0 Å². The van der Waals surface area contributed by atoms with Crippen LogP contribution in [-0.4, -0.2) is 29.7 Å². The Morgan fingerprint density at radius 2 is 2.11 bits per heavy atom. The molecule has 1 aromatic rings. The number of piperidine rings is 1. The number of hydrogen-bond donors (Lipinski definition) is 1. The number of aliphatic hydroxyl groups is 1. The van der Waals surface area contributed by atoms with Crippen molar-refractivity contribution in [2.45, 2.75) is 19.4 Å². The summed E-state index contributed by atoms with van der Waals surface area (Å²) in [6, 6.07) is 6.56. The van der Waals surface area contributed by atoms with Gasteiger partial charge < -0.3 is 5.11 Å². The number of hydrogen-bond acceptors (Lipinski definition) is 3. The van der Waals surface area contributed by atoms with E-state index in [1.807, 2.05) is 6.07 Å². The molecule has 1 heterocycles. The Bertz CT molecular complexity index is 448. The number of nitriles is 1. The standard InChI is InChI=1S/C14H17FN2O/c15-14-7-12(8-16)1-2-13(14)9-17-5-3-11(10-18)4-6-17/h1-2,7,11,18H,3-6,9-10H2. The third-order valence-corrected chi connectivity index (χ3v) is 3.54. The van der Waals surface area contributed by atoms with Gasteiger partial charge in [-0.2, -0.15) is 5.26 Å². The molecule has 0 saturated carbocycles. The topological polar surface area (TPSA) is 47.3 Å². The highest BCUT2D eigenvalue weighted by molar-refractivity contribution is 5.32. The molecule has 0 aliphatic carbocycles. The third-order valence-electron chi connectivity index (χ3n) is 3.54. The molecule has 1 N–H and O–H groups in total. The monoisotopic (exact) mass is 248 g/mol. The molecule has 4 heteroatoms. The highest BCUT2D eigenvalue weighted by atomic mass is 19.1. The molecule has 1 aromatic carbocycles. The van der Waals surface area contributed by atoms with Crippen LogP contribution in [0, 0.1) is 23.1 Å². The molecule has 0 atom stereocenters. The molecular formula is C14H17FN2O. The van der Waals surface area contributed by atoms with Crippen LogP contribution in [0.2, 0.25) is 0 Å². The number of likely N-dealkylation sites (tertiary alicyclic amines) is 1. The first-order valence-corrected chi connectivity index (χ1v) is 6.24. The zero-order valence-electron chi connectivity index (χ0n) is 10.3. The average molecular weight is 248 g/mol. The predicted octanol–water partition coefficient (Wildman–Crippen LogP) is 1.90. The van der Waals surface area contributed by atoms with Gasteiger partial charge in [-0.1, -0.05) is 6.07 Å². The van der Waals surface area contributed by atoms with E-state index in [1.54, 1.807) is 12.1 Å². The van der Waals surface area contributed by atoms with Crippen molar-refractivity contribution in [1.82, 2.24) is 4.90 Å². The molecule has 3 nitrogen and oxygen atoms in total. The summed E-state index contributed by atoms with van der Waals surface area (Å²) in [5, 5.41) is 17.7. The number of nitrogens with zero attached hydrogens (tertiary/aromatic N) is 2. The van der Waals surface area contributed by atoms with Gasteiger partial charge in [0.15, 0.2) is 0 Å². The molecule has 0 aromatic heterocycles. The molecule has 0 unspecified atom stereocenters. The molecule has 0 bridgehead atoms. The Balaban J connectivity index is 1.96. The van der Waals surface area contributed by atoms with Gasteiger partial charge in [0.2, 0.25) is 0 Å². The lowest BCUT2D eigenvalue weighted by molar-refractivity contribution is 0.126. The van der Waals surface area contributed by atoms with Gasteiger partial charge in [0.1, 0.15) is 5.82 Å². The van der Waals surface area contributed by atoms with E-state index < -0.39 is 0 Å². The molecular weight excluding hydrogens is 231 g/mol. The van der Waals surface area contributed by atoms with Crippen molar-refractivity contribution in [2.75, 3.05) is 19.7 Å². The lowest BCUT2D eigenvalue weighted by Crippen LogP contribution is -2.34. The van der Waals surface area contributed by atoms with Gasteiger partial charge in [-0.25, -0.2) is 4.39 Å². The molecule has 1 aliphatic heterocycles. The second-order valence-corrected chi connectivity index (χ2v) is 4.82. The van der Waals surface area contributed by atoms with Crippen LogP contribution in [-0.2, 0) is 6.54 Å². The Morgan fingerprint density at radius 1 is 1.39 bits per heavy atom. The van der Waals surface area contributed by atoms with E-state index in [1.165, 1.54) is 6.07 Å². The van der Waals surface area contributed by atoms with Crippen molar-refractivity contribution in [3.63, 3.8) is 0 Å². The van der Waals surface area contributed by atoms with Crippen LogP contribution >= 0.6 is 0 Å². The van der Waals surface area contributed by atoms with Crippen LogP contribution < -0.4 is 0 Å². The van der Waals surface area contributed by atoms with E-state index in [9.17, 15) is 4.39 Å². The minimum absolute atomic E-state index is 0.249. The SMILES string of the molecule is N#Cc1ccc(CN2CCC(CO)CC2)c(F)c1. The van der Waals surface area contributed by atoms with Crippen molar-refractivity contribution in [3.05, 3.63) is 35.1 Å². The lowest BCUT2D eigenvalue weighted by Gasteiger charge is -2.31. The molecule has 0 radical (unpaired) electrons. The van der Waals surface area contributed by atoms with E-state index in [2.05, 4.69) is 4.90 Å². The average Bonchev–Trinajstić information content (AvgIpc) is 2.42. The first-order valence-electron chi connectivity index (χ1n) is 6.24. The number of halogens is 1. The Hall–Kier alpha value is -1.44. The van der Waals surface area contributed by atoms with Gasteiger partial charge in [-0.05, 0) is 44.0 Å². The van der Waals surface area contributed by atoms with Crippen molar-refractivity contribution in [1.29, 1.82) is 5.26 Å². The molecule has 18 heavy (non-hydrogen) atoms. The normalized spacial score (nSPS) is 17.6. The number of rotatable bonds is 3. The predicted molar refractivity (Wildman–Crippen MR) is 66.2 cm³/mol. The first-order chi connectivity index (χ1) is 8.72. The molecule has 0 spiro atoms. The van der Waals surface area contributed by atoms with Gasteiger partial charge in [-0.3, -0.25) is 4.90 Å².